The number of imide groups is 1. The first-order valence-electron chi connectivity index (χ1n) is 8.86. The van der Waals surface area contributed by atoms with E-state index in [1.807, 2.05) is 74.5 Å². The van der Waals surface area contributed by atoms with E-state index in [2.05, 4.69) is 0 Å². The summed E-state index contributed by atoms with van der Waals surface area (Å²) in [6, 6.07) is 18.5. The fraction of sp³-hybridized carbons (Fsp3) is 0.333. The van der Waals surface area contributed by atoms with Crippen LogP contribution in [0.3, 0.4) is 0 Å². The molecule has 0 aromatic heterocycles. The van der Waals surface area contributed by atoms with Gasteiger partial charge in [-0.1, -0.05) is 74.5 Å². The maximum atomic E-state index is 12.5. The summed E-state index contributed by atoms with van der Waals surface area (Å²) in [5, 5.41) is 0. The average molecular weight is 355 g/mol. The zero-order valence-electron chi connectivity index (χ0n) is 15.3. The molecule has 0 fully saturated rings. The number of carbonyl (C=O) groups excluding carboxylic acids is 2. The van der Waals surface area contributed by atoms with Crippen LogP contribution in [0, 0.1) is 0 Å². The van der Waals surface area contributed by atoms with Gasteiger partial charge in [-0.05, 0) is 24.0 Å². The lowest BCUT2D eigenvalue weighted by Crippen LogP contribution is -2.44. The van der Waals surface area contributed by atoms with Gasteiger partial charge >= 0.3 is 12.2 Å². The first-order chi connectivity index (χ1) is 12.7. The zero-order chi connectivity index (χ0) is 18.8. The van der Waals surface area contributed by atoms with Crippen LogP contribution in [-0.4, -0.2) is 23.1 Å². The third kappa shape index (κ3) is 5.62. The van der Waals surface area contributed by atoms with E-state index in [0.29, 0.717) is 12.8 Å². The van der Waals surface area contributed by atoms with Gasteiger partial charge in [-0.25, -0.2) is 14.5 Å². The molecular weight excluding hydrogens is 330 g/mol. The van der Waals surface area contributed by atoms with E-state index in [-0.39, 0.29) is 19.3 Å². The van der Waals surface area contributed by atoms with Gasteiger partial charge in [0.1, 0.15) is 13.2 Å². The summed E-state index contributed by atoms with van der Waals surface area (Å²) >= 11 is 0. The van der Waals surface area contributed by atoms with Gasteiger partial charge < -0.3 is 9.47 Å². The highest BCUT2D eigenvalue weighted by Gasteiger charge is 2.30. The third-order valence-electron chi connectivity index (χ3n) is 4.11. The maximum Gasteiger partial charge on any atom is 0.419 e. The van der Waals surface area contributed by atoms with Crippen LogP contribution in [0.1, 0.15) is 37.8 Å². The van der Waals surface area contributed by atoms with Crippen LogP contribution in [0.15, 0.2) is 60.7 Å². The second-order valence-corrected chi connectivity index (χ2v) is 5.92. The molecule has 2 amide bonds. The summed E-state index contributed by atoms with van der Waals surface area (Å²) in [6.07, 6.45) is -0.0874. The molecule has 0 saturated heterocycles. The van der Waals surface area contributed by atoms with Crippen molar-refractivity contribution in [3.8, 4) is 0 Å². The van der Waals surface area contributed by atoms with Crippen molar-refractivity contribution in [1.82, 2.24) is 4.90 Å². The Morgan fingerprint density at radius 2 is 1.15 bits per heavy atom. The molecule has 2 aromatic carbocycles. The normalized spacial score (nSPS) is 10.4. The van der Waals surface area contributed by atoms with Crippen LogP contribution in [0.4, 0.5) is 9.59 Å². The van der Waals surface area contributed by atoms with Gasteiger partial charge in [0.25, 0.3) is 0 Å². The number of hydrogen-bond donors (Lipinski definition) is 0. The minimum absolute atomic E-state index is 0.113. The number of benzene rings is 2. The minimum atomic E-state index is -0.680. The van der Waals surface area contributed by atoms with Crippen LogP contribution in [0.25, 0.3) is 0 Å². The molecular formula is C21H25NO4. The quantitative estimate of drug-likeness (QED) is 0.689. The molecule has 2 aromatic rings. The summed E-state index contributed by atoms with van der Waals surface area (Å²) in [5.41, 5.74) is 1.73. The Hall–Kier alpha value is -2.82. The summed E-state index contributed by atoms with van der Waals surface area (Å²) in [6.45, 7) is 4.08. The van der Waals surface area contributed by atoms with E-state index in [1.165, 1.54) is 0 Å². The molecule has 0 radical (unpaired) electrons. The smallest absolute Gasteiger partial charge is 0.419 e. The van der Waals surface area contributed by atoms with E-state index in [4.69, 9.17) is 9.47 Å². The van der Waals surface area contributed by atoms with Crippen LogP contribution < -0.4 is 0 Å². The highest BCUT2D eigenvalue weighted by molar-refractivity contribution is 5.88. The molecule has 2 rings (SSSR count). The van der Waals surface area contributed by atoms with E-state index >= 15 is 0 Å². The highest BCUT2D eigenvalue weighted by atomic mass is 16.6. The van der Waals surface area contributed by atoms with Crippen molar-refractivity contribution in [3.63, 3.8) is 0 Å². The van der Waals surface area contributed by atoms with Gasteiger partial charge in [0.05, 0.1) is 0 Å². The molecule has 138 valence electrons. The zero-order valence-corrected chi connectivity index (χ0v) is 15.3. The number of rotatable bonds is 7. The van der Waals surface area contributed by atoms with Gasteiger partial charge in [-0.3, -0.25) is 0 Å². The van der Waals surface area contributed by atoms with Crippen molar-refractivity contribution >= 4 is 12.2 Å². The number of carbonyl (C=O) groups is 2. The SMILES string of the molecule is CCC(CC)N(C(=O)OCc1ccccc1)C(=O)OCc1ccccc1. The standard InChI is InChI=1S/C21H25NO4/c1-3-19(4-2)22(20(23)25-15-17-11-7-5-8-12-17)21(24)26-16-18-13-9-6-10-14-18/h5-14,19H,3-4,15-16H2,1-2H3. The Morgan fingerprint density at radius 1 is 0.769 bits per heavy atom. The molecule has 0 aliphatic rings. The molecule has 0 N–H and O–H groups in total. The van der Waals surface area contributed by atoms with Crippen molar-refractivity contribution in [3.05, 3.63) is 71.8 Å². The van der Waals surface area contributed by atoms with E-state index in [9.17, 15) is 9.59 Å². The number of nitrogens with zero attached hydrogens (tertiary/aromatic N) is 1. The van der Waals surface area contributed by atoms with Crippen molar-refractivity contribution in [1.29, 1.82) is 0 Å². The van der Waals surface area contributed by atoms with Gasteiger partial charge in [-0.2, -0.15) is 0 Å². The Balaban J connectivity index is 2.01. The molecule has 5 nitrogen and oxygen atoms in total. The predicted molar refractivity (Wildman–Crippen MR) is 99.5 cm³/mol. The Morgan fingerprint density at radius 3 is 1.50 bits per heavy atom. The molecule has 0 saturated carbocycles. The average Bonchev–Trinajstić information content (AvgIpc) is 2.70. The van der Waals surface area contributed by atoms with E-state index < -0.39 is 12.2 Å². The second kappa shape index (κ2) is 10.2. The molecule has 0 aliphatic heterocycles. The molecule has 0 aliphatic carbocycles. The lowest BCUT2D eigenvalue weighted by molar-refractivity contribution is 0.0548. The lowest BCUT2D eigenvalue weighted by atomic mass is 10.1. The van der Waals surface area contributed by atoms with E-state index in [0.717, 1.165) is 16.0 Å². The summed E-state index contributed by atoms with van der Waals surface area (Å²) in [7, 11) is 0. The maximum absolute atomic E-state index is 12.5. The van der Waals surface area contributed by atoms with Gasteiger partial charge in [0.2, 0.25) is 0 Å². The summed E-state index contributed by atoms with van der Waals surface area (Å²) < 4.78 is 10.7. The number of amides is 2. The van der Waals surface area contributed by atoms with Crippen molar-refractivity contribution in [2.75, 3.05) is 0 Å². The first-order valence-corrected chi connectivity index (χ1v) is 8.86. The van der Waals surface area contributed by atoms with Crippen LogP contribution in [-0.2, 0) is 22.7 Å². The molecule has 0 spiro atoms. The topological polar surface area (TPSA) is 55.8 Å². The number of hydrogen-bond acceptors (Lipinski definition) is 4. The first kappa shape index (κ1) is 19.5. The van der Waals surface area contributed by atoms with Gasteiger partial charge in [0, 0.05) is 6.04 Å². The summed E-state index contributed by atoms with van der Waals surface area (Å²) in [4.78, 5) is 26.2. The lowest BCUT2D eigenvalue weighted by Gasteiger charge is -2.27. The van der Waals surface area contributed by atoms with Crippen molar-refractivity contribution < 1.29 is 19.1 Å². The van der Waals surface area contributed by atoms with Gasteiger partial charge in [0.15, 0.2) is 0 Å². The molecule has 0 bridgehead atoms. The fourth-order valence-electron chi connectivity index (χ4n) is 2.60. The monoisotopic (exact) mass is 355 g/mol. The minimum Gasteiger partial charge on any atom is -0.444 e. The molecule has 0 unspecified atom stereocenters. The van der Waals surface area contributed by atoms with E-state index in [1.54, 1.807) is 0 Å². The van der Waals surface area contributed by atoms with Crippen LogP contribution in [0.5, 0.6) is 0 Å². The van der Waals surface area contributed by atoms with Gasteiger partial charge in [-0.15, -0.1) is 0 Å². The highest BCUT2D eigenvalue weighted by Crippen LogP contribution is 2.15. The Bertz CT molecular complexity index is 628. The second-order valence-electron chi connectivity index (χ2n) is 5.92. The molecule has 0 atom stereocenters. The predicted octanol–water partition coefficient (Wildman–Crippen LogP) is 5.15. The van der Waals surface area contributed by atoms with Crippen molar-refractivity contribution in [2.24, 2.45) is 0 Å². The summed E-state index contributed by atoms with van der Waals surface area (Å²) in [5.74, 6) is 0. The molecule has 0 heterocycles. The van der Waals surface area contributed by atoms with Crippen LogP contribution >= 0.6 is 0 Å². The fourth-order valence-corrected chi connectivity index (χ4v) is 2.60. The molecule has 5 heteroatoms. The van der Waals surface area contributed by atoms with Crippen LogP contribution in [0.2, 0.25) is 0 Å². The largest absolute Gasteiger partial charge is 0.444 e. The Labute approximate surface area is 154 Å². The van der Waals surface area contributed by atoms with Crippen molar-refractivity contribution in [2.45, 2.75) is 45.9 Å². The Kier molecular flexibility index (Phi) is 7.68. The third-order valence-corrected chi connectivity index (χ3v) is 4.11. The molecule has 26 heavy (non-hydrogen) atoms. The number of ether oxygens (including phenoxy) is 2.